The van der Waals surface area contributed by atoms with E-state index in [1.54, 1.807) is 0 Å². The van der Waals surface area contributed by atoms with E-state index in [0.29, 0.717) is 11.8 Å². The average Bonchev–Trinajstić information content (AvgIpc) is 2.39. The van der Waals surface area contributed by atoms with E-state index < -0.39 is 0 Å². The van der Waals surface area contributed by atoms with Crippen LogP contribution >= 0.6 is 0 Å². The lowest BCUT2D eigenvalue weighted by atomic mass is 9.90. The largest absolute Gasteiger partial charge is 0.378 e. The molecule has 0 bridgehead atoms. The average molecular weight is 271 g/mol. The monoisotopic (exact) mass is 271 g/mol. The highest BCUT2D eigenvalue weighted by atomic mass is 15.2. The summed E-state index contributed by atoms with van der Waals surface area (Å²) in [5.74, 6) is 1.35. The summed E-state index contributed by atoms with van der Waals surface area (Å²) in [6.07, 6.45) is 1.27. The highest BCUT2D eigenvalue weighted by Crippen LogP contribution is 2.29. The molecule has 1 aliphatic heterocycles. The van der Waals surface area contributed by atoms with Gasteiger partial charge in [-0.05, 0) is 36.0 Å². The molecule has 3 nitrogen and oxygen atoms in total. The molecule has 1 aromatic rings. The Hall–Kier alpha value is -1.53. The van der Waals surface area contributed by atoms with Gasteiger partial charge >= 0.3 is 0 Å². The molecule has 108 valence electrons. The van der Waals surface area contributed by atoms with Crippen LogP contribution in [0.3, 0.4) is 0 Å². The molecule has 20 heavy (non-hydrogen) atoms. The Balaban J connectivity index is 2.17. The van der Waals surface area contributed by atoms with Crippen LogP contribution in [0.15, 0.2) is 24.3 Å². The van der Waals surface area contributed by atoms with Gasteiger partial charge < -0.3 is 4.90 Å². The highest BCUT2D eigenvalue weighted by Gasteiger charge is 2.28. The summed E-state index contributed by atoms with van der Waals surface area (Å²) in [6.45, 7) is 6.62. The lowest BCUT2D eigenvalue weighted by molar-refractivity contribution is 0.117. The van der Waals surface area contributed by atoms with E-state index in [2.05, 4.69) is 54.0 Å². The summed E-state index contributed by atoms with van der Waals surface area (Å²) < 4.78 is 0. The van der Waals surface area contributed by atoms with Crippen LogP contribution in [0.5, 0.6) is 0 Å². The van der Waals surface area contributed by atoms with Gasteiger partial charge in [-0.15, -0.1) is 0 Å². The normalized spacial score (nSPS) is 24.9. The van der Waals surface area contributed by atoms with Crippen molar-refractivity contribution in [3.8, 4) is 6.07 Å². The molecule has 0 N–H and O–H groups in total. The molecule has 3 unspecified atom stereocenters. The van der Waals surface area contributed by atoms with Crippen LogP contribution in [0.25, 0.3) is 0 Å². The maximum atomic E-state index is 9.58. The molecule has 3 atom stereocenters. The van der Waals surface area contributed by atoms with Gasteiger partial charge in [-0.25, -0.2) is 0 Å². The first kappa shape index (κ1) is 14.9. The van der Waals surface area contributed by atoms with Gasteiger partial charge in [0.2, 0.25) is 0 Å². The van der Waals surface area contributed by atoms with Crippen molar-refractivity contribution >= 4 is 5.69 Å². The second-order valence-corrected chi connectivity index (χ2v) is 6.42. The van der Waals surface area contributed by atoms with Gasteiger partial charge in [-0.2, -0.15) is 5.26 Å². The van der Waals surface area contributed by atoms with Crippen molar-refractivity contribution in [1.82, 2.24) is 4.90 Å². The smallest absolute Gasteiger partial charge is 0.123 e. The molecule has 1 aliphatic rings. The van der Waals surface area contributed by atoms with E-state index in [1.807, 2.05) is 14.1 Å². The zero-order valence-electron chi connectivity index (χ0n) is 13.0. The third kappa shape index (κ3) is 3.32. The summed E-state index contributed by atoms with van der Waals surface area (Å²) in [5.41, 5.74) is 2.28. The highest BCUT2D eigenvalue weighted by molar-refractivity contribution is 5.47. The van der Waals surface area contributed by atoms with Gasteiger partial charge in [0.1, 0.15) is 6.04 Å². The number of likely N-dealkylation sites (tertiary alicyclic amines) is 1. The van der Waals surface area contributed by atoms with Gasteiger partial charge in [0, 0.05) is 32.9 Å². The molecule has 2 rings (SSSR count). The van der Waals surface area contributed by atoms with Crippen LogP contribution in [0.2, 0.25) is 0 Å². The fraction of sp³-hybridized carbons (Fsp3) is 0.588. The Morgan fingerprint density at radius 2 is 1.70 bits per heavy atom. The van der Waals surface area contributed by atoms with E-state index in [0.717, 1.165) is 18.7 Å². The molecule has 0 saturated carbocycles. The second kappa shape index (κ2) is 6.28. The van der Waals surface area contributed by atoms with Crippen molar-refractivity contribution in [3.05, 3.63) is 29.8 Å². The van der Waals surface area contributed by atoms with Crippen LogP contribution in [0.4, 0.5) is 5.69 Å². The van der Waals surface area contributed by atoms with E-state index in [4.69, 9.17) is 0 Å². The number of benzene rings is 1. The van der Waals surface area contributed by atoms with Gasteiger partial charge in [-0.1, -0.05) is 26.0 Å². The Kier molecular flexibility index (Phi) is 4.67. The molecule has 0 radical (unpaired) electrons. The number of anilines is 1. The lowest BCUT2D eigenvalue weighted by Crippen LogP contribution is -2.40. The minimum Gasteiger partial charge on any atom is -0.378 e. The van der Waals surface area contributed by atoms with Crippen LogP contribution in [-0.4, -0.2) is 32.1 Å². The Morgan fingerprint density at radius 1 is 1.15 bits per heavy atom. The maximum absolute atomic E-state index is 9.58. The van der Waals surface area contributed by atoms with E-state index in [1.165, 1.54) is 12.1 Å². The zero-order chi connectivity index (χ0) is 14.7. The third-order valence-electron chi connectivity index (χ3n) is 4.11. The number of hydrogen-bond donors (Lipinski definition) is 0. The molecule has 0 spiro atoms. The first-order valence-electron chi connectivity index (χ1n) is 7.42. The van der Waals surface area contributed by atoms with E-state index in [-0.39, 0.29) is 6.04 Å². The Labute approximate surface area is 122 Å². The predicted octanol–water partition coefficient (Wildman–Crippen LogP) is 3.30. The summed E-state index contributed by atoms with van der Waals surface area (Å²) in [7, 11) is 4.07. The molecule has 1 aromatic carbocycles. The van der Waals surface area contributed by atoms with Crippen molar-refractivity contribution in [1.29, 1.82) is 5.26 Å². The van der Waals surface area contributed by atoms with E-state index >= 15 is 0 Å². The maximum Gasteiger partial charge on any atom is 0.123 e. The van der Waals surface area contributed by atoms with Crippen molar-refractivity contribution in [2.45, 2.75) is 26.3 Å². The second-order valence-electron chi connectivity index (χ2n) is 6.42. The first-order valence-corrected chi connectivity index (χ1v) is 7.42. The molecule has 1 fully saturated rings. The van der Waals surface area contributed by atoms with Crippen LogP contribution in [0.1, 0.15) is 31.9 Å². The fourth-order valence-corrected chi connectivity index (χ4v) is 3.24. The first-order chi connectivity index (χ1) is 9.51. The summed E-state index contributed by atoms with van der Waals surface area (Å²) >= 11 is 0. The van der Waals surface area contributed by atoms with Crippen molar-refractivity contribution in [3.63, 3.8) is 0 Å². The number of piperidine rings is 1. The molecule has 3 heteroatoms. The third-order valence-corrected chi connectivity index (χ3v) is 4.11. The molecule has 0 aliphatic carbocycles. The van der Waals surface area contributed by atoms with E-state index in [9.17, 15) is 5.26 Å². The lowest BCUT2D eigenvalue weighted by Gasteiger charge is -2.37. The molecule has 1 saturated heterocycles. The van der Waals surface area contributed by atoms with Gasteiger partial charge in [-0.3, -0.25) is 4.90 Å². The van der Waals surface area contributed by atoms with Crippen LogP contribution < -0.4 is 4.90 Å². The van der Waals surface area contributed by atoms with Gasteiger partial charge in [0.15, 0.2) is 0 Å². The van der Waals surface area contributed by atoms with Crippen LogP contribution in [0, 0.1) is 23.2 Å². The van der Waals surface area contributed by atoms with Crippen molar-refractivity contribution < 1.29 is 0 Å². The topological polar surface area (TPSA) is 30.3 Å². The molecule has 0 aromatic heterocycles. The van der Waals surface area contributed by atoms with Crippen molar-refractivity contribution in [2.24, 2.45) is 11.8 Å². The van der Waals surface area contributed by atoms with Gasteiger partial charge in [0.25, 0.3) is 0 Å². The molecular formula is C17H25N3. The molecular weight excluding hydrogens is 246 g/mol. The molecule has 1 heterocycles. The number of hydrogen-bond acceptors (Lipinski definition) is 3. The SMILES string of the molecule is CC1CC(C)CN(C(C#N)c2ccc(N(C)C)cc2)C1. The van der Waals surface area contributed by atoms with Crippen molar-refractivity contribution in [2.75, 3.05) is 32.1 Å². The number of rotatable bonds is 3. The van der Waals surface area contributed by atoms with Gasteiger partial charge in [0.05, 0.1) is 6.07 Å². The summed E-state index contributed by atoms with van der Waals surface area (Å²) in [5, 5.41) is 9.58. The summed E-state index contributed by atoms with van der Waals surface area (Å²) in [6, 6.07) is 10.7. The van der Waals surface area contributed by atoms with Crippen LogP contribution in [-0.2, 0) is 0 Å². The molecule has 0 amide bonds. The minimum absolute atomic E-state index is 0.114. The number of nitriles is 1. The Morgan fingerprint density at radius 3 is 2.15 bits per heavy atom. The Bertz CT molecular complexity index is 462. The zero-order valence-corrected chi connectivity index (χ0v) is 13.0. The fourth-order valence-electron chi connectivity index (χ4n) is 3.24. The number of nitrogens with zero attached hydrogens (tertiary/aromatic N) is 3. The summed E-state index contributed by atoms with van der Waals surface area (Å²) in [4.78, 5) is 4.42. The quantitative estimate of drug-likeness (QED) is 0.845. The minimum atomic E-state index is -0.114. The predicted molar refractivity (Wildman–Crippen MR) is 83.6 cm³/mol. The standard InChI is InChI=1S/C17H25N3/c1-13-9-14(2)12-20(11-13)17(10-18)15-5-7-16(8-6-15)19(3)4/h5-8,13-14,17H,9,11-12H2,1-4H3.